The first-order chi connectivity index (χ1) is 10.7. The van der Waals surface area contributed by atoms with Crippen LogP contribution in [0.5, 0.6) is 0 Å². The summed E-state index contributed by atoms with van der Waals surface area (Å²) in [6.45, 7) is 2.97. The van der Waals surface area contributed by atoms with E-state index in [9.17, 15) is 4.39 Å². The molecular formula is C15H17FN4O2. The lowest BCUT2D eigenvalue weighted by atomic mass is 10.2. The summed E-state index contributed by atoms with van der Waals surface area (Å²) in [6.07, 6.45) is 3.39. The van der Waals surface area contributed by atoms with Gasteiger partial charge in [-0.05, 0) is 31.9 Å². The van der Waals surface area contributed by atoms with Crippen molar-refractivity contribution >= 4 is 5.82 Å². The molecular weight excluding hydrogens is 287 g/mol. The molecule has 0 N–H and O–H groups in total. The number of morpholine rings is 1. The van der Waals surface area contributed by atoms with E-state index in [2.05, 4.69) is 15.1 Å². The van der Waals surface area contributed by atoms with Gasteiger partial charge in [0.25, 0.3) is 5.89 Å². The summed E-state index contributed by atoms with van der Waals surface area (Å²) in [5, 5.41) is 4.02. The van der Waals surface area contributed by atoms with Gasteiger partial charge in [-0.1, -0.05) is 5.16 Å². The molecule has 0 aromatic carbocycles. The van der Waals surface area contributed by atoms with Crippen LogP contribution < -0.4 is 4.90 Å². The van der Waals surface area contributed by atoms with Crippen molar-refractivity contribution in [3.8, 4) is 0 Å². The van der Waals surface area contributed by atoms with Crippen molar-refractivity contribution in [2.24, 2.45) is 0 Å². The number of aromatic nitrogens is 3. The number of hydrogen-bond acceptors (Lipinski definition) is 6. The Bertz CT molecular complexity index is 673. The van der Waals surface area contributed by atoms with Crippen LogP contribution in [0.1, 0.15) is 43.5 Å². The highest BCUT2D eigenvalue weighted by atomic mass is 19.1. The average Bonchev–Trinajstić information content (AvgIpc) is 3.24. The van der Waals surface area contributed by atoms with Gasteiger partial charge in [0.05, 0.1) is 12.6 Å². The van der Waals surface area contributed by atoms with Gasteiger partial charge >= 0.3 is 0 Å². The summed E-state index contributed by atoms with van der Waals surface area (Å²) in [5.74, 6) is 1.66. The summed E-state index contributed by atoms with van der Waals surface area (Å²) >= 11 is 0. The zero-order valence-corrected chi connectivity index (χ0v) is 12.3. The van der Waals surface area contributed by atoms with Crippen molar-refractivity contribution < 1.29 is 13.7 Å². The van der Waals surface area contributed by atoms with Gasteiger partial charge in [-0.3, -0.25) is 0 Å². The van der Waals surface area contributed by atoms with Crippen molar-refractivity contribution in [1.82, 2.24) is 15.1 Å². The minimum Gasteiger partial charge on any atom is -0.362 e. The smallest absolute Gasteiger partial charge is 0.257 e. The second-order valence-electron chi connectivity index (χ2n) is 5.91. The first-order valence-corrected chi connectivity index (χ1v) is 7.55. The van der Waals surface area contributed by atoms with E-state index in [1.807, 2.05) is 11.8 Å². The van der Waals surface area contributed by atoms with Crippen molar-refractivity contribution in [2.75, 3.05) is 18.0 Å². The lowest BCUT2D eigenvalue weighted by Gasteiger charge is -2.35. The normalized spacial score (nSPS) is 25.5. The van der Waals surface area contributed by atoms with Crippen LogP contribution >= 0.6 is 0 Å². The Morgan fingerprint density at radius 2 is 2.18 bits per heavy atom. The van der Waals surface area contributed by atoms with E-state index < -0.39 is 0 Å². The molecule has 7 heteroatoms. The second-order valence-corrected chi connectivity index (χ2v) is 5.91. The average molecular weight is 304 g/mol. The highest BCUT2D eigenvalue weighted by Crippen LogP contribution is 2.39. The van der Waals surface area contributed by atoms with E-state index in [1.165, 1.54) is 6.07 Å². The predicted octanol–water partition coefficient (Wildman–Crippen LogP) is 2.45. The topological polar surface area (TPSA) is 64.3 Å². The fourth-order valence-corrected chi connectivity index (χ4v) is 2.76. The number of pyridine rings is 1. The minimum absolute atomic E-state index is 0.0727. The molecule has 1 saturated carbocycles. The maximum absolute atomic E-state index is 14.0. The van der Waals surface area contributed by atoms with Gasteiger partial charge in [-0.2, -0.15) is 4.98 Å². The Labute approximate surface area is 127 Å². The lowest BCUT2D eigenvalue weighted by Crippen LogP contribution is -2.43. The van der Waals surface area contributed by atoms with Crippen LogP contribution in [0, 0.1) is 5.82 Å². The molecule has 2 aliphatic rings. The first-order valence-electron chi connectivity index (χ1n) is 7.55. The van der Waals surface area contributed by atoms with Crippen LogP contribution in [-0.4, -0.2) is 34.3 Å². The molecule has 2 aromatic heterocycles. The van der Waals surface area contributed by atoms with Crippen LogP contribution in [-0.2, 0) is 4.74 Å². The number of nitrogens with zero attached hydrogens (tertiary/aromatic N) is 4. The molecule has 22 heavy (non-hydrogen) atoms. The van der Waals surface area contributed by atoms with Gasteiger partial charge in [-0.25, -0.2) is 9.37 Å². The fraction of sp³-hybridized carbons (Fsp3) is 0.533. The van der Waals surface area contributed by atoms with Crippen LogP contribution in [0.2, 0.25) is 0 Å². The molecule has 2 atom stereocenters. The van der Waals surface area contributed by atoms with Gasteiger partial charge in [0.2, 0.25) is 0 Å². The van der Waals surface area contributed by atoms with Crippen LogP contribution in [0.4, 0.5) is 10.2 Å². The number of anilines is 1. The molecule has 0 unspecified atom stereocenters. The molecule has 3 heterocycles. The lowest BCUT2D eigenvalue weighted by molar-refractivity contribution is -0.0335. The molecule has 2 fully saturated rings. The SMILES string of the molecule is C[C@@H]1CN(c2ncccc2F)C[C@H](c2nc(C3CC3)no2)O1. The molecule has 0 spiro atoms. The van der Waals surface area contributed by atoms with E-state index in [1.54, 1.807) is 12.3 Å². The summed E-state index contributed by atoms with van der Waals surface area (Å²) in [5.41, 5.74) is 0. The zero-order valence-electron chi connectivity index (χ0n) is 12.3. The van der Waals surface area contributed by atoms with Crippen LogP contribution in [0.3, 0.4) is 0 Å². The van der Waals surface area contributed by atoms with Crippen LogP contribution in [0.25, 0.3) is 0 Å². The van der Waals surface area contributed by atoms with Gasteiger partial charge in [-0.15, -0.1) is 0 Å². The molecule has 6 nitrogen and oxygen atoms in total. The molecule has 0 amide bonds. The summed E-state index contributed by atoms with van der Waals surface area (Å²) < 4.78 is 25.2. The number of halogens is 1. The standard InChI is InChI=1S/C15H17FN4O2/c1-9-7-20(14-11(16)3-2-6-17-14)8-12(21-9)15-18-13(19-22-15)10-4-5-10/h2-3,6,9-10,12H,4-5,7-8H2,1H3/t9-,12-/m1/s1. The third-order valence-corrected chi connectivity index (χ3v) is 3.97. The molecule has 0 bridgehead atoms. The Hall–Kier alpha value is -2.02. The van der Waals surface area contributed by atoms with Gasteiger partial charge in [0.1, 0.15) is 0 Å². The third-order valence-electron chi connectivity index (χ3n) is 3.97. The maximum Gasteiger partial charge on any atom is 0.257 e. The van der Waals surface area contributed by atoms with Crippen molar-refractivity contribution in [3.63, 3.8) is 0 Å². The quantitative estimate of drug-likeness (QED) is 0.868. The van der Waals surface area contributed by atoms with E-state index in [4.69, 9.17) is 9.26 Å². The third kappa shape index (κ3) is 2.56. The van der Waals surface area contributed by atoms with Crippen molar-refractivity contribution in [3.05, 3.63) is 35.9 Å². The number of ether oxygens (including phenoxy) is 1. The number of rotatable bonds is 3. The molecule has 0 radical (unpaired) electrons. The zero-order chi connectivity index (χ0) is 15.1. The number of hydrogen-bond donors (Lipinski definition) is 0. The largest absolute Gasteiger partial charge is 0.362 e. The Morgan fingerprint density at radius 1 is 1.32 bits per heavy atom. The Balaban J connectivity index is 1.56. The van der Waals surface area contributed by atoms with E-state index >= 15 is 0 Å². The van der Waals surface area contributed by atoms with E-state index in [0.717, 1.165) is 18.7 Å². The van der Waals surface area contributed by atoms with Gasteiger partial charge in [0, 0.05) is 18.7 Å². The minimum atomic E-state index is -0.356. The Morgan fingerprint density at radius 3 is 2.95 bits per heavy atom. The van der Waals surface area contributed by atoms with Crippen LogP contribution in [0.15, 0.2) is 22.9 Å². The monoisotopic (exact) mass is 304 g/mol. The highest BCUT2D eigenvalue weighted by molar-refractivity contribution is 5.40. The highest BCUT2D eigenvalue weighted by Gasteiger charge is 2.34. The summed E-state index contributed by atoms with van der Waals surface area (Å²) in [7, 11) is 0. The van der Waals surface area contributed by atoms with Gasteiger partial charge < -0.3 is 14.2 Å². The van der Waals surface area contributed by atoms with E-state index in [0.29, 0.717) is 30.7 Å². The van der Waals surface area contributed by atoms with Crippen molar-refractivity contribution in [1.29, 1.82) is 0 Å². The molecule has 4 rings (SSSR count). The molecule has 2 aromatic rings. The first kappa shape index (κ1) is 13.6. The second kappa shape index (κ2) is 5.31. The van der Waals surface area contributed by atoms with Gasteiger partial charge in [0.15, 0.2) is 23.6 Å². The van der Waals surface area contributed by atoms with E-state index in [-0.39, 0.29) is 18.0 Å². The van der Waals surface area contributed by atoms with Crippen molar-refractivity contribution in [2.45, 2.75) is 37.9 Å². The molecule has 1 aliphatic heterocycles. The fourth-order valence-electron chi connectivity index (χ4n) is 2.76. The molecule has 1 saturated heterocycles. The summed E-state index contributed by atoms with van der Waals surface area (Å²) in [6, 6.07) is 3.00. The summed E-state index contributed by atoms with van der Waals surface area (Å²) in [4.78, 5) is 10.4. The Kier molecular flexibility index (Phi) is 3.29. The molecule has 116 valence electrons. The predicted molar refractivity (Wildman–Crippen MR) is 76.0 cm³/mol. The molecule has 1 aliphatic carbocycles. The maximum atomic E-state index is 14.0.